The van der Waals surface area contributed by atoms with E-state index in [-0.39, 0.29) is 23.7 Å². The topological polar surface area (TPSA) is 112 Å². The Kier molecular flexibility index (Phi) is 8.99. The van der Waals surface area contributed by atoms with E-state index in [1.54, 1.807) is 4.57 Å². The molecule has 0 spiro atoms. The van der Waals surface area contributed by atoms with Crippen molar-refractivity contribution < 1.29 is 4.74 Å². The predicted octanol–water partition coefficient (Wildman–Crippen LogP) is 1.04. The summed E-state index contributed by atoms with van der Waals surface area (Å²) in [6, 6.07) is 0.239. The van der Waals surface area contributed by atoms with Crippen LogP contribution in [0.5, 0.6) is 6.01 Å². The van der Waals surface area contributed by atoms with E-state index in [9.17, 15) is 4.79 Å². The van der Waals surface area contributed by atoms with Gasteiger partial charge >= 0.3 is 11.7 Å². The van der Waals surface area contributed by atoms with E-state index in [0.717, 1.165) is 91.0 Å². The maximum Gasteiger partial charge on any atom is 0.329 e. The Labute approximate surface area is 208 Å². The first kappa shape index (κ1) is 25.9. The number of anilines is 1. The molecule has 196 valence electrons. The average Bonchev–Trinajstić information content (AvgIpc) is 3.17. The van der Waals surface area contributed by atoms with Crippen molar-refractivity contribution in [2.75, 3.05) is 85.3 Å². The van der Waals surface area contributed by atoms with Gasteiger partial charge in [-0.05, 0) is 46.3 Å². The maximum absolute atomic E-state index is 13.2. The predicted molar refractivity (Wildman–Crippen MR) is 139 cm³/mol. The first-order valence-electron chi connectivity index (χ1n) is 13.2. The normalized spacial score (nSPS) is 20.0. The number of piperazine rings is 2. The first-order chi connectivity index (χ1) is 17.0. The van der Waals surface area contributed by atoms with Gasteiger partial charge in [0.05, 0.1) is 12.8 Å². The van der Waals surface area contributed by atoms with Crippen LogP contribution in [-0.4, -0.2) is 119 Å². The number of hydrogen-bond donors (Lipinski definition) is 2. The monoisotopic (exact) mass is 489 g/mol. The number of nitrogens with two attached hydrogens (primary N) is 1. The van der Waals surface area contributed by atoms with E-state index in [2.05, 4.69) is 55.6 Å². The van der Waals surface area contributed by atoms with Crippen LogP contribution in [0, 0.1) is 0 Å². The number of unbranched alkanes of at least 4 members (excludes halogenated alkanes) is 2. The van der Waals surface area contributed by atoms with E-state index in [1.165, 1.54) is 0 Å². The van der Waals surface area contributed by atoms with Crippen molar-refractivity contribution in [2.24, 2.45) is 0 Å². The van der Waals surface area contributed by atoms with Crippen LogP contribution >= 0.6 is 0 Å². The summed E-state index contributed by atoms with van der Waals surface area (Å²) >= 11 is 0. The lowest BCUT2D eigenvalue weighted by Gasteiger charge is -2.38. The van der Waals surface area contributed by atoms with Crippen molar-refractivity contribution in [3.8, 4) is 6.01 Å². The highest BCUT2D eigenvalue weighted by atomic mass is 16.5. The Morgan fingerprint density at radius 2 is 1.66 bits per heavy atom. The van der Waals surface area contributed by atoms with Gasteiger partial charge in [-0.3, -0.25) is 9.47 Å². The molecule has 2 aromatic rings. The molecule has 0 aliphatic carbocycles. The Hall–Kier alpha value is -2.21. The number of aromatic amines is 1. The van der Waals surface area contributed by atoms with Gasteiger partial charge in [0, 0.05) is 52.4 Å². The van der Waals surface area contributed by atoms with E-state index in [4.69, 9.17) is 10.5 Å². The highest BCUT2D eigenvalue weighted by molar-refractivity contribution is 5.82. The number of nitrogens with one attached hydrogen (secondary N) is 1. The van der Waals surface area contributed by atoms with Crippen LogP contribution in [0.4, 0.5) is 5.82 Å². The molecule has 0 radical (unpaired) electrons. The minimum absolute atomic E-state index is 0.0739. The second-order valence-electron chi connectivity index (χ2n) is 10.1. The summed E-state index contributed by atoms with van der Waals surface area (Å²) in [7, 11) is 4.33. The van der Waals surface area contributed by atoms with Crippen LogP contribution in [0.15, 0.2) is 4.79 Å². The van der Waals surface area contributed by atoms with Crippen molar-refractivity contribution in [3.63, 3.8) is 0 Å². The first-order valence-corrected chi connectivity index (χ1v) is 13.2. The lowest BCUT2D eigenvalue weighted by Crippen LogP contribution is -2.48. The Morgan fingerprint density at radius 3 is 2.34 bits per heavy atom. The van der Waals surface area contributed by atoms with E-state index in [0.29, 0.717) is 17.8 Å². The molecule has 2 fully saturated rings. The third kappa shape index (κ3) is 6.52. The second-order valence-corrected chi connectivity index (χ2v) is 10.1. The minimum atomic E-state index is -0.185. The maximum atomic E-state index is 13.2. The van der Waals surface area contributed by atoms with Crippen LogP contribution in [0.1, 0.15) is 45.2 Å². The summed E-state index contributed by atoms with van der Waals surface area (Å²) in [5, 5.41) is 0. The number of imidazole rings is 1. The summed E-state index contributed by atoms with van der Waals surface area (Å²) in [6.07, 6.45) is 4.91. The quantitative estimate of drug-likeness (QED) is 0.447. The fourth-order valence-corrected chi connectivity index (χ4v) is 4.98. The summed E-state index contributed by atoms with van der Waals surface area (Å²) in [6.45, 7) is 12.1. The van der Waals surface area contributed by atoms with Crippen molar-refractivity contribution in [3.05, 3.63) is 10.5 Å². The highest BCUT2D eigenvalue weighted by Crippen LogP contribution is 2.26. The number of aromatic nitrogens is 4. The van der Waals surface area contributed by atoms with Gasteiger partial charge in [0.15, 0.2) is 11.5 Å². The van der Waals surface area contributed by atoms with Gasteiger partial charge in [-0.15, -0.1) is 0 Å². The molecule has 0 bridgehead atoms. The van der Waals surface area contributed by atoms with Gasteiger partial charge in [0.2, 0.25) is 0 Å². The lowest BCUT2D eigenvalue weighted by molar-refractivity contribution is 0.0682. The minimum Gasteiger partial charge on any atom is -0.463 e. The summed E-state index contributed by atoms with van der Waals surface area (Å²) in [4.78, 5) is 34.7. The van der Waals surface area contributed by atoms with Crippen LogP contribution in [0.2, 0.25) is 0 Å². The number of ether oxygens (including phenoxy) is 1. The van der Waals surface area contributed by atoms with Gasteiger partial charge in [-0.1, -0.05) is 13.3 Å². The molecule has 0 saturated carbocycles. The van der Waals surface area contributed by atoms with Crippen molar-refractivity contribution >= 4 is 17.0 Å². The summed E-state index contributed by atoms with van der Waals surface area (Å²) in [5.41, 5.74) is 7.06. The fraction of sp³-hybridized carbons (Fsp3) is 0.792. The van der Waals surface area contributed by atoms with Gasteiger partial charge in [0.25, 0.3) is 0 Å². The number of nitrogen functional groups attached to an aromatic ring is 1. The van der Waals surface area contributed by atoms with Crippen LogP contribution < -0.4 is 16.2 Å². The number of rotatable bonds is 11. The van der Waals surface area contributed by atoms with Crippen LogP contribution in [-0.2, 0) is 0 Å². The van der Waals surface area contributed by atoms with Gasteiger partial charge < -0.3 is 30.2 Å². The third-order valence-electron chi connectivity index (χ3n) is 7.35. The zero-order valence-corrected chi connectivity index (χ0v) is 21.7. The van der Waals surface area contributed by atoms with Crippen molar-refractivity contribution in [2.45, 2.75) is 45.2 Å². The van der Waals surface area contributed by atoms with E-state index < -0.39 is 0 Å². The molecule has 2 aliphatic heterocycles. The highest BCUT2D eigenvalue weighted by Gasteiger charge is 2.28. The summed E-state index contributed by atoms with van der Waals surface area (Å²) in [5.74, 6) is 0.254. The molecule has 4 rings (SSSR count). The number of nitrogens with zero attached hydrogens (tertiary/aromatic N) is 7. The largest absolute Gasteiger partial charge is 0.463 e. The molecule has 1 atom stereocenters. The molecule has 0 amide bonds. The average molecular weight is 490 g/mol. The van der Waals surface area contributed by atoms with Crippen LogP contribution in [0.3, 0.4) is 0 Å². The molecular weight excluding hydrogens is 446 g/mol. The third-order valence-corrected chi connectivity index (χ3v) is 7.35. The molecule has 2 aliphatic rings. The molecule has 4 heterocycles. The molecule has 2 aromatic heterocycles. The summed E-state index contributed by atoms with van der Waals surface area (Å²) < 4.78 is 7.54. The number of H-pyrrole nitrogens is 1. The van der Waals surface area contributed by atoms with Crippen molar-refractivity contribution in [1.29, 1.82) is 0 Å². The Balaban J connectivity index is 1.53. The van der Waals surface area contributed by atoms with Gasteiger partial charge in [-0.2, -0.15) is 9.97 Å². The zero-order chi connectivity index (χ0) is 24.8. The van der Waals surface area contributed by atoms with Crippen LogP contribution in [0.25, 0.3) is 11.2 Å². The second kappa shape index (κ2) is 12.2. The molecule has 35 heavy (non-hydrogen) atoms. The molecule has 1 unspecified atom stereocenters. The van der Waals surface area contributed by atoms with Crippen molar-refractivity contribution in [1.82, 2.24) is 39.1 Å². The molecule has 2 saturated heterocycles. The Morgan fingerprint density at radius 1 is 0.971 bits per heavy atom. The number of fused-ring (bicyclic) bond motifs is 1. The lowest BCUT2D eigenvalue weighted by atomic mass is 10.1. The fourth-order valence-electron chi connectivity index (χ4n) is 4.98. The SMILES string of the molecule is CCCCOc1nc(N)c2[nH]c(=O)n(C(CCCCN3CCN(C)CC3)N3CCN(C)CC3)c2n1. The van der Waals surface area contributed by atoms with E-state index >= 15 is 0 Å². The smallest absolute Gasteiger partial charge is 0.329 e. The molecule has 11 heteroatoms. The number of hydrogen-bond acceptors (Lipinski definition) is 9. The zero-order valence-electron chi connectivity index (χ0n) is 21.7. The molecule has 0 aromatic carbocycles. The van der Waals surface area contributed by atoms with Gasteiger partial charge in [-0.25, -0.2) is 4.79 Å². The Bertz CT molecular complexity index is 991. The van der Waals surface area contributed by atoms with Gasteiger partial charge in [0.1, 0.15) is 5.52 Å². The molecular formula is C24H43N9O2. The number of likely N-dealkylation sites (N-methyl/N-ethyl adjacent to an activating group) is 2. The molecule has 11 nitrogen and oxygen atoms in total. The standard InChI is InChI=1S/C24H43N9O2/c1-4-5-18-35-23-27-21(25)20-22(28-23)33(24(34)26-20)19(32-16-12-30(3)13-17-32)8-6-7-9-31-14-10-29(2)11-15-31/h19H,4-18H2,1-3H3,(H,26,34)(H2,25,27,28). The molecule has 3 N–H and O–H groups in total. The van der Waals surface area contributed by atoms with E-state index in [1.807, 2.05) is 0 Å².